The van der Waals surface area contributed by atoms with E-state index in [0.29, 0.717) is 23.7 Å². The van der Waals surface area contributed by atoms with E-state index >= 15 is 0 Å². The predicted molar refractivity (Wildman–Crippen MR) is 95.8 cm³/mol. The van der Waals surface area contributed by atoms with Crippen LogP contribution in [0.25, 0.3) is 6.08 Å². The Balaban J connectivity index is 2.50. The molecule has 4 amide bonds. The van der Waals surface area contributed by atoms with Gasteiger partial charge in [0.2, 0.25) is 0 Å². The number of barbiturate groups is 1. The summed E-state index contributed by atoms with van der Waals surface area (Å²) in [6, 6.07) is 2.80. The number of hydrogen-bond acceptors (Lipinski definition) is 5. The summed E-state index contributed by atoms with van der Waals surface area (Å²) in [4.78, 5) is 38.0. The lowest BCUT2D eigenvalue weighted by molar-refractivity contribution is -0.134. The number of methoxy groups -OCH3 is 1. The molecule has 0 saturated carbocycles. The summed E-state index contributed by atoms with van der Waals surface area (Å²) >= 11 is 2.10. The fourth-order valence-electron chi connectivity index (χ4n) is 2.25. The first kappa shape index (κ1) is 18.2. The molecule has 128 valence electrons. The minimum Gasteiger partial charge on any atom is -0.493 e. The van der Waals surface area contributed by atoms with E-state index < -0.39 is 17.8 Å². The molecule has 0 bridgehead atoms. The van der Waals surface area contributed by atoms with E-state index in [4.69, 9.17) is 9.47 Å². The van der Waals surface area contributed by atoms with Crippen LogP contribution in [-0.4, -0.2) is 55.5 Å². The molecule has 1 heterocycles. The molecule has 1 saturated heterocycles. The molecule has 1 fully saturated rings. The maximum atomic E-state index is 12.2. The lowest BCUT2D eigenvalue weighted by atomic mass is 10.1. The summed E-state index contributed by atoms with van der Waals surface area (Å²) in [6.07, 6.45) is 1.45. The number of benzene rings is 1. The minimum atomic E-state index is -0.652. The molecular formula is C16H17IN2O5. The molecule has 1 aromatic rings. The van der Waals surface area contributed by atoms with E-state index in [1.54, 1.807) is 12.1 Å². The third-order valence-electron chi connectivity index (χ3n) is 3.50. The van der Waals surface area contributed by atoms with Crippen LogP contribution in [0.4, 0.5) is 4.79 Å². The van der Waals surface area contributed by atoms with Crippen LogP contribution in [0.15, 0.2) is 17.7 Å². The van der Waals surface area contributed by atoms with E-state index in [1.165, 1.54) is 27.3 Å². The van der Waals surface area contributed by atoms with Crippen LogP contribution in [0.3, 0.4) is 0 Å². The second-order valence-electron chi connectivity index (χ2n) is 5.04. The number of ether oxygens (including phenoxy) is 2. The van der Waals surface area contributed by atoms with Crippen LogP contribution in [0.2, 0.25) is 0 Å². The summed E-state index contributed by atoms with van der Waals surface area (Å²) < 4.78 is 11.6. The van der Waals surface area contributed by atoms with Crippen molar-refractivity contribution in [3.8, 4) is 11.5 Å². The van der Waals surface area contributed by atoms with Gasteiger partial charge in [0.25, 0.3) is 11.8 Å². The summed E-state index contributed by atoms with van der Waals surface area (Å²) in [5, 5.41) is 0. The maximum Gasteiger partial charge on any atom is 0.333 e. The van der Waals surface area contributed by atoms with Crippen LogP contribution in [-0.2, 0) is 9.59 Å². The second-order valence-corrected chi connectivity index (χ2v) is 6.20. The summed E-state index contributed by atoms with van der Waals surface area (Å²) in [5.74, 6) is -0.158. The Morgan fingerprint density at radius 1 is 1.12 bits per heavy atom. The number of likely N-dealkylation sites (N-methyl/N-ethyl adjacent to an activating group) is 2. The SMILES string of the molecule is CCOc1c(I)cc(C=C2C(=O)N(C)C(=O)N(C)C2=O)cc1OC. The molecule has 1 aliphatic rings. The first-order valence-electron chi connectivity index (χ1n) is 7.13. The van der Waals surface area contributed by atoms with Crippen LogP contribution in [0, 0.1) is 3.57 Å². The Morgan fingerprint density at radius 3 is 2.21 bits per heavy atom. The molecular weight excluding hydrogens is 427 g/mol. The number of urea groups is 1. The van der Waals surface area contributed by atoms with Crippen molar-refractivity contribution in [2.75, 3.05) is 27.8 Å². The quantitative estimate of drug-likeness (QED) is 0.404. The average Bonchev–Trinajstić information content (AvgIpc) is 2.57. The highest BCUT2D eigenvalue weighted by Gasteiger charge is 2.37. The van der Waals surface area contributed by atoms with Gasteiger partial charge in [-0.3, -0.25) is 19.4 Å². The number of imide groups is 2. The smallest absolute Gasteiger partial charge is 0.333 e. The Bertz CT molecular complexity index is 718. The van der Waals surface area contributed by atoms with E-state index in [0.717, 1.165) is 13.4 Å². The molecule has 1 aromatic carbocycles. The van der Waals surface area contributed by atoms with Gasteiger partial charge in [0.05, 0.1) is 17.3 Å². The highest BCUT2D eigenvalue weighted by atomic mass is 127. The van der Waals surface area contributed by atoms with Crippen molar-refractivity contribution in [2.45, 2.75) is 6.92 Å². The van der Waals surface area contributed by atoms with Crippen molar-refractivity contribution in [3.63, 3.8) is 0 Å². The number of hydrogen-bond donors (Lipinski definition) is 0. The highest BCUT2D eigenvalue weighted by Crippen LogP contribution is 2.35. The zero-order valence-corrected chi connectivity index (χ0v) is 15.9. The molecule has 0 aromatic heterocycles. The van der Waals surface area contributed by atoms with Gasteiger partial charge in [-0.05, 0) is 53.3 Å². The van der Waals surface area contributed by atoms with Crippen molar-refractivity contribution in [1.82, 2.24) is 9.80 Å². The van der Waals surface area contributed by atoms with Gasteiger partial charge in [0.1, 0.15) is 5.57 Å². The maximum absolute atomic E-state index is 12.2. The van der Waals surface area contributed by atoms with E-state index in [9.17, 15) is 14.4 Å². The van der Waals surface area contributed by atoms with Gasteiger partial charge < -0.3 is 9.47 Å². The van der Waals surface area contributed by atoms with Crippen molar-refractivity contribution < 1.29 is 23.9 Å². The number of nitrogens with zero attached hydrogens (tertiary/aromatic N) is 2. The topological polar surface area (TPSA) is 76.2 Å². The molecule has 1 aliphatic heterocycles. The fraction of sp³-hybridized carbons (Fsp3) is 0.312. The van der Waals surface area contributed by atoms with Crippen molar-refractivity contribution in [1.29, 1.82) is 0 Å². The first-order chi connectivity index (χ1) is 11.3. The molecule has 0 radical (unpaired) electrons. The van der Waals surface area contributed by atoms with Gasteiger partial charge in [-0.25, -0.2) is 4.79 Å². The van der Waals surface area contributed by atoms with Crippen LogP contribution < -0.4 is 9.47 Å². The number of rotatable bonds is 4. The van der Waals surface area contributed by atoms with Crippen molar-refractivity contribution >= 4 is 46.5 Å². The summed E-state index contributed by atoms with van der Waals surface area (Å²) in [7, 11) is 4.19. The second kappa shape index (κ2) is 7.20. The third-order valence-corrected chi connectivity index (χ3v) is 4.30. The van der Waals surface area contributed by atoms with Gasteiger partial charge in [-0.2, -0.15) is 0 Å². The summed E-state index contributed by atoms with van der Waals surface area (Å²) in [6.45, 7) is 2.36. The van der Waals surface area contributed by atoms with Gasteiger partial charge >= 0.3 is 6.03 Å². The molecule has 0 atom stereocenters. The molecule has 0 unspecified atom stereocenters. The van der Waals surface area contributed by atoms with Crippen molar-refractivity contribution in [3.05, 3.63) is 26.8 Å². The molecule has 8 heteroatoms. The van der Waals surface area contributed by atoms with Crippen LogP contribution >= 0.6 is 22.6 Å². The van der Waals surface area contributed by atoms with E-state index in [-0.39, 0.29) is 5.57 Å². The molecule has 0 spiro atoms. The summed E-state index contributed by atoms with van der Waals surface area (Å²) in [5.41, 5.74) is 0.522. The van der Waals surface area contributed by atoms with Gasteiger partial charge in [-0.1, -0.05) is 0 Å². The first-order valence-corrected chi connectivity index (χ1v) is 8.21. The monoisotopic (exact) mass is 444 g/mol. The number of carbonyl (C=O) groups excluding carboxylic acids is 3. The Hall–Kier alpha value is -2.10. The van der Waals surface area contributed by atoms with Crippen LogP contribution in [0.1, 0.15) is 12.5 Å². The number of carbonyl (C=O) groups is 3. The van der Waals surface area contributed by atoms with Crippen molar-refractivity contribution in [2.24, 2.45) is 0 Å². The molecule has 24 heavy (non-hydrogen) atoms. The number of halogens is 1. The molecule has 0 aliphatic carbocycles. The minimum absolute atomic E-state index is 0.0818. The molecule has 0 N–H and O–H groups in total. The zero-order valence-electron chi connectivity index (χ0n) is 13.8. The number of amides is 4. The predicted octanol–water partition coefficient (Wildman–Crippen LogP) is 2.13. The largest absolute Gasteiger partial charge is 0.493 e. The van der Waals surface area contributed by atoms with Gasteiger partial charge in [0.15, 0.2) is 11.5 Å². The zero-order chi connectivity index (χ0) is 18.0. The third kappa shape index (κ3) is 3.23. The Morgan fingerprint density at radius 2 is 1.71 bits per heavy atom. The fourth-order valence-corrected chi connectivity index (χ4v) is 3.03. The Labute approximate surface area is 153 Å². The van der Waals surface area contributed by atoms with Gasteiger partial charge in [-0.15, -0.1) is 0 Å². The van der Waals surface area contributed by atoms with E-state index in [1.807, 2.05) is 6.92 Å². The van der Waals surface area contributed by atoms with Gasteiger partial charge in [0, 0.05) is 14.1 Å². The lowest BCUT2D eigenvalue weighted by Gasteiger charge is -2.28. The lowest BCUT2D eigenvalue weighted by Crippen LogP contribution is -2.52. The van der Waals surface area contributed by atoms with Crippen LogP contribution in [0.5, 0.6) is 11.5 Å². The Kier molecular flexibility index (Phi) is 5.47. The molecule has 7 nitrogen and oxygen atoms in total. The highest BCUT2D eigenvalue weighted by molar-refractivity contribution is 14.1. The molecule has 2 rings (SSSR count). The standard InChI is InChI=1S/C16H17IN2O5/c1-5-24-13-11(17)7-9(8-12(13)23-4)6-10-14(20)18(2)16(22)19(3)15(10)21/h6-8H,5H2,1-4H3. The average molecular weight is 444 g/mol. The normalized spacial score (nSPS) is 15.0. The van der Waals surface area contributed by atoms with E-state index in [2.05, 4.69) is 22.6 Å².